The van der Waals surface area contributed by atoms with Gasteiger partial charge >= 0.3 is 6.18 Å². The summed E-state index contributed by atoms with van der Waals surface area (Å²) in [7, 11) is 1.14. The minimum atomic E-state index is -4.65. The van der Waals surface area contributed by atoms with E-state index in [9.17, 15) is 18.0 Å². The molecule has 0 unspecified atom stereocenters. The molecule has 0 atom stereocenters. The number of amides is 1. The molecule has 0 fully saturated rings. The van der Waals surface area contributed by atoms with Gasteiger partial charge in [0.1, 0.15) is 5.82 Å². The van der Waals surface area contributed by atoms with Crippen LogP contribution in [0.1, 0.15) is 16.1 Å². The Kier molecular flexibility index (Phi) is 3.63. The van der Waals surface area contributed by atoms with Gasteiger partial charge in [-0.2, -0.15) is 18.3 Å². The number of benzene rings is 1. The number of carbonyl (C=O) groups is 1. The molecule has 124 valence electrons. The number of para-hydroxylation sites is 1. The molecule has 1 amide bonds. The number of carbonyl (C=O) groups excluding carboxylic acids is 1. The number of halogens is 3. The van der Waals surface area contributed by atoms with E-state index in [4.69, 9.17) is 5.73 Å². The van der Waals surface area contributed by atoms with Gasteiger partial charge in [0.25, 0.3) is 5.91 Å². The Morgan fingerprint density at radius 2 is 2.00 bits per heavy atom. The van der Waals surface area contributed by atoms with Gasteiger partial charge in [0.2, 0.25) is 0 Å². The van der Waals surface area contributed by atoms with Crippen LogP contribution in [-0.2, 0) is 13.2 Å². The zero-order valence-electron chi connectivity index (χ0n) is 12.4. The summed E-state index contributed by atoms with van der Waals surface area (Å²) >= 11 is 0. The molecule has 1 aromatic carbocycles. The van der Waals surface area contributed by atoms with Crippen molar-refractivity contribution >= 4 is 28.3 Å². The number of aryl methyl sites for hydroxylation is 1. The maximum Gasteiger partial charge on any atom is 0.435 e. The summed E-state index contributed by atoms with van der Waals surface area (Å²) in [6, 6.07) is 8.45. The number of nitrogen functional groups attached to an aromatic ring is 1. The lowest BCUT2D eigenvalue weighted by molar-refractivity contribution is -0.143. The Morgan fingerprint density at radius 3 is 2.71 bits per heavy atom. The highest BCUT2D eigenvalue weighted by Gasteiger charge is 2.38. The Morgan fingerprint density at radius 1 is 1.29 bits per heavy atom. The van der Waals surface area contributed by atoms with Crippen LogP contribution in [0, 0.1) is 0 Å². The van der Waals surface area contributed by atoms with Crippen molar-refractivity contribution < 1.29 is 18.0 Å². The number of hydrogen-bond acceptors (Lipinski definition) is 4. The first-order chi connectivity index (χ1) is 11.3. The molecule has 0 aliphatic rings. The molecule has 3 aromatic rings. The smallest absolute Gasteiger partial charge is 0.383 e. The van der Waals surface area contributed by atoms with E-state index in [1.165, 1.54) is 6.07 Å². The first kappa shape index (κ1) is 15.8. The maximum absolute atomic E-state index is 13.0. The number of nitrogens with zero attached hydrogens (tertiary/aromatic N) is 3. The molecule has 9 heteroatoms. The van der Waals surface area contributed by atoms with Crippen LogP contribution in [0.3, 0.4) is 0 Å². The Hall–Kier alpha value is -3.10. The average Bonchev–Trinajstić information content (AvgIpc) is 2.87. The fourth-order valence-electron chi connectivity index (χ4n) is 2.37. The minimum Gasteiger partial charge on any atom is -0.383 e. The van der Waals surface area contributed by atoms with Crippen molar-refractivity contribution in [3.8, 4) is 0 Å². The molecule has 0 aliphatic heterocycles. The number of rotatable bonds is 2. The van der Waals surface area contributed by atoms with Crippen LogP contribution < -0.4 is 11.1 Å². The van der Waals surface area contributed by atoms with Crippen LogP contribution in [0.5, 0.6) is 0 Å². The number of alkyl halides is 3. The third-order valence-electron chi connectivity index (χ3n) is 3.45. The topological polar surface area (TPSA) is 85.8 Å². The highest BCUT2D eigenvalue weighted by atomic mass is 19.4. The van der Waals surface area contributed by atoms with E-state index in [-0.39, 0.29) is 11.4 Å². The van der Waals surface area contributed by atoms with Crippen molar-refractivity contribution in [1.82, 2.24) is 14.8 Å². The van der Waals surface area contributed by atoms with Gasteiger partial charge < -0.3 is 11.1 Å². The van der Waals surface area contributed by atoms with Gasteiger partial charge in [-0.25, -0.2) is 4.98 Å². The van der Waals surface area contributed by atoms with Crippen molar-refractivity contribution in [1.29, 1.82) is 0 Å². The zero-order chi connectivity index (χ0) is 17.5. The molecule has 0 saturated carbocycles. The summed E-state index contributed by atoms with van der Waals surface area (Å²) in [5.41, 5.74) is 4.84. The van der Waals surface area contributed by atoms with E-state index in [0.29, 0.717) is 15.6 Å². The lowest BCUT2D eigenvalue weighted by Crippen LogP contribution is -2.19. The number of hydrogen-bond donors (Lipinski definition) is 2. The van der Waals surface area contributed by atoms with Gasteiger partial charge in [0.15, 0.2) is 5.69 Å². The Bertz CT molecular complexity index is 932. The van der Waals surface area contributed by atoms with Gasteiger partial charge in [0, 0.05) is 12.4 Å². The summed E-state index contributed by atoms with van der Waals surface area (Å²) in [6.07, 6.45) is -3.72. The van der Waals surface area contributed by atoms with Crippen LogP contribution in [0.25, 0.3) is 10.9 Å². The number of nitrogens with one attached hydrogen (secondary N) is 1. The van der Waals surface area contributed by atoms with Gasteiger partial charge in [-0.3, -0.25) is 9.48 Å². The first-order valence-electron chi connectivity index (χ1n) is 6.83. The summed E-state index contributed by atoms with van der Waals surface area (Å²) in [5.74, 6) is -0.854. The predicted molar refractivity (Wildman–Crippen MR) is 82.3 cm³/mol. The lowest BCUT2D eigenvalue weighted by atomic mass is 10.1. The lowest BCUT2D eigenvalue weighted by Gasteiger charge is -2.11. The number of pyridine rings is 1. The van der Waals surface area contributed by atoms with E-state index in [1.54, 1.807) is 24.3 Å². The van der Waals surface area contributed by atoms with E-state index in [2.05, 4.69) is 15.4 Å². The number of aromatic nitrogens is 3. The SMILES string of the molecule is Cn1ncc(NC(=O)c2cc3ccccc3nc2N)c1C(F)(F)F. The molecule has 6 nitrogen and oxygen atoms in total. The Labute approximate surface area is 134 Å². The second-order valence-electron chi connectivity index (χ2n) is 5.10. The molecule has 0 bridgehead atoms. The van der Waals surface area contributed by atoms with Crippen molar-refractivity contribution in [3.05, 3.63) is 47.8 Å². The summed E-state index contributed by atoms with van der Waals surface area (Å²) in [5, 5.41) is 6.39. The zero-order valence-corrected chi connectivity index (χ0v) is 12.4. The normalized spacial score (nSPS) is 11.7. The molecule has 0 aliphatic carbocycles. The summed E-state index contributed by atoms with van der Waals surface area (Å²) in [4.78, 5) is 16.4. The van der Waals surface area contributed by atoms with E-state index in [0.717, 1.165) is 13.2 Å². The summed E-state index contributed by atoms with van der Waals surface area (Å²) < 4.78 is 39.8. The van der Waals surface area contributed by atoms with Gasteiger partial charge in [-0.1, -0.05) is 18.2 Å². The third kappa shape index (κ3) is 2.75. The van der Waals surface area contributed by atoms with Gasteiger partial charge in [-0.15, -0.1) is 0 Å². The van der Waals surface area contributed by atoms with Crippen LogP contribution >= 0.6 is 0 Å². The predicted octanol–water partition coefficient (Wildman–Crippen LogP) is 2.82. The molecule has 0 radical (unpaired) electrons. The summed E-state index contributed by atoms with van der Waals surface area (Å²) in [6.45, 7) is 0. The van der Waals surface area contributed by atoms with Crippen molar-refractivity contribution in [3.63, 3.8) is 0 Å². The largest absolute Gasteiger partial charge is 0.435 e. The van der Waals surface area contributed by atoms with E-state index < -0.39 is 23.5 Å². The standard InChI is InChI=1S/C15H12F3N5O/c1-23-12(15(16,17)18)11(7-20-23)22-14(24)9-6-8-4-2-3-5-10(8)21-13(9)19/h2-7H,1H3,(H2,19,21)(H,22,24). The van der Waals surface area contributed by atoms with Crippen LogP contribution in [-0.4, -0.2) is 20.7 Å². The second-order valence-corrected chi connectivity index (χ2v) is 5.10. The second kappa shape index (κ2) is 5.52. The Balaban J connectivity index is 1.98. The maximum atomic E-state index is 13.0. The van der Waals surface area contributed by atoms with Gasteiger partial charge in [0.05, 0.1) is 23.0 Å². The first-order valence-corrected chi connectivity index (χ1v) is 6.83. The molecule has 2 aromatic heterocycles. The van der Waals surface area contributed by atoms with Crippen molar-refractivity contribution in [2.24, 2.45) is 7.05 Å². The molecular weight excluding hydrogens is 323 g/mol. The number of fused-ring (bicyclic) bond motifs is 1. The quantitative estimate of drug-likeness (QED) is 0.754. The fraction of sp³-hybridized carbons (Fsp3) is 0.133. The molecule has 3 rings (SSSR count). The van der Waals surface area contributed by atoms with E-state index >= 15 is 0 Å². The molecule has 2 heterocycles. The van der Waals surface area contributed by atoms with Crippen LogP contribution in [0.2, 0.25) is 0 Å². The number of anilines is 2. The third-order valence-corrected chi connectivity index (χ3v) is 3.45. The van der Waals surface area contributed by atoms with Gasteiger partial charge in [-0.05, 0) is 12.1 Å². The van der Waals surface area contributed by atoms with Crippen LogP contribution in [0.4, 0.5) is 24.7 Å². The minimum absolute atomic E-state index is 0.00863. The number of nitrogens with two attached hydrogens (primary N) is 1. The molecule has 0 spiro atoms. The average molecular weight is 335 g/mol. The monoisotopic (exact) mass is 335 g/mol. The molecular formula is C15H12F3N5O. The highest BCUT2D eigenvalue weighted by molar-refractivity contribution is 6.09. The van der Waals surface area contributed by atoms with Crippen LogP contribution in [0.15, 0.2) is 36.5 Å². The molecule has 24 heavy (non-hydrogen) atoms. The molecule has 0 saturated heterocycles. The van der Waals surface area contributed by atoms with Crippen molar-refractivity contribution in [2.45, 2.75) is 6.18 Å². The fourth-order valence-corrected chi connectivity index (χ4v) is 2.37. The van der Waals surface area contributed by atoms with E-state index in [1.807, 2.05) is 0 Å². The molecule has 3 N–H and O–H groups in total. The highest BCUT2D eigenvalue weighted by Crippen LogP contribution is 2.34. The van der Waals surface area contributed by atoms with Crippen molar-refractivity contribution in [2.75, 3.05) is 11.1 Å².